The zero-order valence-corrected chi connectivity index (χ0v) is 17.7. The van der Waals surface area contributed by atoms with Crippen molar-refractivity contribution in [3.8, 4) is 0 Å². The largest absolute Gasteiger partial charge is 0.353 e. The second-order valence-corrected chi connectivity index (χ2v) is 9.80. The van der Waals surface area contributed by atoms with Crippen LogP contribution in [0.5, 0.6) is 0 Å². The van der Waals surface area contributed by atoms with Crippen LogP contribution >= 0.6 is 23.1 Å². The quantitative estimate of drug-likeness (QED) is 0.575. The number of aromatic nitrogens is 2. The third kappa shape index (κ3) is 4.14. The lowest BCUT2D eigenvalue weighted by molar-refractivity contribution is -0.119. The monoisotopic (exact) mass is 393 g/mol. The molecule has 0 unspecified atom stereocenters. The molecule has 26 heavy (non-hydrogen) atoms. The van der Waals surface area contributed by atoms with Crippen molar-refractivity contribution in [3.05, 3.63) is 20.8 Å². The molecule has 1 aliphatic carbocycles. The third-order valence-electron chi connectivity index (χ3n) is 4.85. The van der Waals surface area contributed by atoms with Gasteiger partial charge in [-0.25, -0.2) is 4.98 Å². The highest BCUT2D eigenvalue weighted by molar-refractivity contribution is 7.99. The second-order valence-electron chi connectivity index (χ2n) is 7.65. The van der Waals surface area contributed by atoms with E-state index in [0.717, 1.165) is 20.7 Å². The number of nitrogens with zero attached hydrogens (tertiary/aromatic N) is 2. The van der Waals surface area contributed by atoms with Gasteiger partial charge in [-0.05, 0) is 51.0 Å². The van der Waals surface area contributed by atoms with Crippen LogP contribution in [0.2, 0.25) is 0 Å². The normalized spacial score (nSPS) is 15.6. The Morgan fingerprint density at radius 2 is 2.04 bits per heavy atom. The summed E-state index contributed by atoms with van der Waals surface area (Å²) >= 11 is 2.92. The Hall–Kier alpha value is -1.34. The van der Waals surface area contributed by atoms with Crippen LogP contribution in [-0.2, 0) is 11.3 Å². The maximum atomic E-state index is 13.1. The fraction of sp³-hybridized carbons (Fsp3) is 0.632. The predicted octanol–water partition coefficient (Wildman–Crippen LogP) is 3.74. The molecule has 1 amide bonds. The first-order valence-corrected chi connectivity index (χ1v) is 11.0. The average Bonchev–Trinajstić information content (AvgIpc) is 3.36. The van der Waals surface area contributed by atoms with Crippen LogP contribution < -0.4 is 10.9 Å². The number of carbonyl (C=O) groups excluding carboxylic acids is 1. The number of aryl methyl sites for hydroxylation is 2. The molecule has 0 saturated heterocycles. The molecule has 1 aliphatic rings. The van der Waals surface area contributed by atoms with Gasteiger partial charge in [-0.3, -0.25) is 14.2 Å². The van der Waals surface area contributed by atoms with Crippen molar-refractivity contribution >= 4 is 39.2 Å². The number of thiophene rings is 1. The Bertz CT molecular complexity index is 881. The van der Waals surface area contributed by atoms with E-state index in [1.54, 1.807) is 15.9 Å². The molecule has 1 N–H and O–H groups in total. The fourth-order valence-corrected chi connectivity index (χ4v) is 4.97. The van der Waals surface area contributed by atoms with Gasteiger partial charge in [0.25, 0.3) is 5.56 Å². The summed E-state index contributed by atoms with van der Waals surface area (Å²) in [5, 5.41) is 4.44. The molecule has 142 valence electrons. The topological polar surface area (TPSA) is 64.0 Å². The zero-order chi connectivity index (χ0) is 19.0. The van der Waals surface area contributed by atoms with Crippen molar-refractivity contribution in [2.45, 2.75) is 65.2 Å². The van der Waals surface area contributed by atoms with Gasteiger partial charge >= 0.3 is 0 Å². The lowest BCUT2D eigenvalue weighted by Gasteiger charge is -2.15. The van der Waals surface area contributed by atoms with E-state index in [-0.39, 0.29) is 23.3 Å². The highest BCUT2D eigenvalue weighted by atomic mass is 32.2. The summed E-state index contributed by atoms with van der Waals surface area (Å²) in [6.45, 7) is 10.8. The van der Waals surface area contributed by atoms with Crippen LogP contribution in [0.25, 0.3) is 10.2 Å². The number of carbonyl (C=O) groups is 1. The summed E-state index contributed by atoms with van der Waals surface area (Å²) in [7, 11) is 0. The van der Waals surface area contributed by atoms with E-state index in [4.69, 9.17) is 4.98 Å². The molecular formula is C19H27N3O2S2. The summed E-state index contributed by atoms with van der Waals surface area (Å²) in [6.07, 6.45) is 2.41. The van der Waals surface area contributed by atoms with Gasteiger partial charge in [0, 0.05) is 17.5 Å². The SMILES string of the molecule is Cc1sc2nc(SCC(=O)N[C@H](C)C3CC3)n(CC(C)C)c(=O)c2c1C. The zero-order valence-electron chi connectivity index (χ0n) is 16.1. The van der Waals surface area contributed by atoms with E-state index in [1.807, 2.05) is 13.8 Å². The minimum absolute atomic E-state index is 0.0124. The van der Waals surface area contributed by atoms with Crippen molar-refractivity contribution in [1.82, 2.24) is 14.9 Å². The van der Waals surface area contributed by atoms with Gasteiger partial charge < -0.3 is 5.32 Å². The molecule has 3 rings (SSSR count). The smallest absolute Gasteiger partial charge is 0.263 e. The summed E-state index contributed by atoms with van der Waals surface area (Å²) < 4.78 is 1.74. The third-order valence-corrected chi connectivity index (χ3v) is 6.93. The Morgan fingerprint density at radius 3 is 2.65 bits per heavy atom. The van der Waals surface area contributed by atoms with Crippen LogP contribution in [0.3, 0.4) is 0 Å². The summed E-state index contributed by atoms with van der Waals surface area (Å²) in [4.78, 5) is 31.9. The van der Waals surface area contributed by atoms with E-state index in [2.05, 4.69) is 26.1 Å². The van der Waals surface area contributed by atoms with Gasteiger partial charge in [0.05, 0.1) is 11.1 Å². The number of nitrogens with one attached hydrogen (secondary N) is 1. The van der Waals surface area contributed by atoms with Crippen molar-refractivity contribution in [2.24, 2.45) is 11.8 Å². The van der Waals surface area contributed by atoms with Crippen LogP contribution in [0.15, 0.2) is 9.95 Å². The molecule has 2 aromatic rings. The van der Waals surface area contributed by atoms with E-state index in [1.165, 1.54) is 24.6 Å². The molecule has 2 heterocycles. The van der Waals surface area contributed by atoms with Crippen molar-refractivity contribution in [2.75, 3.05) is 5.75 Å². The maximum absolute atomic E-state index is 13.1. The van der Waals surface area contributed by atoms with E-state index >= 15 is 0 Å². The number of amides is 1. The molecule has 5 nitrogen and oxygen atoms in total. The minimum Gasteiger partial charge on any atom is -0.353 e. The average molecular weight is 394 g/mol. The standard InChI is InChI=1S/C19H27N3O2S2/c1-10(2)8-22-18(24)16-11(3)13(5)26-17(16)21-19(22)25-9-15(23)20-12(4)14-6-7-14/h10,12,14H,6-9H2,1-5H3,(H,20,23)/t12-/m1/s1. The molecule has 0 bridgehead atoms. The molecule has 1 fully saturated rings. The van der Waals surface area contributed by atoms with Gasteiger partial charge in [0.2, 0.25) is 5.91 Å². The predicted molar refractivity (Wildman–Crippen MR) is 109 cm³/mol. The van der Waals surface area contributed by atoms with Gasteiger partial charge in [-0.1, -0.05) is 25.6 Å². The Morgan fingerprint density at radius 1 is 1.35 bits per heavy atom. The van der Waals surface area contributed by atoms with Gasteiger partial charge in [0.1, 0.15) is 4.83 Å². The second kappa shape index (κ2) is 7.72. The first-order chi connectivity index (χ1) is 12.3. The molecule has 0 spiro atoms. The molecule has 0 aromatic carbocycles. The summed E-state index contributed by atoms with van der Waals surface area (Å²) in [6, 6.07) is 0.235. The molecule has 2 aromatic heterocycles. The van der Waals surface area contributed by atoms with Crippen LogP contribution in [0.4, 0.5) is 0 Å². The minimum atomic E-state index is 0.0124. The maximum Gasteiger partial charge on any atom is 0.263 e. The number of thioether (sulfide) groups is 1. The lowest BCUT2D eigenvalue weighted by atomic mass is 10.2. The summed E-state index contributed by atoms with van der Waals surface area (Å²) in [5.41, 5.74) is 1.03. The van der Waals surface area contributed by atoms with Crippen molar-refractivity contribution < 1.29 is 4.79 Å². The summed E-state index contributed by atoms with van der Waals surface area (Å²) in [5.74, 6) is 1.26. The molecule has 0 radical (unpaired) electrons. The Kier molecular flexibility index (Phi) is 5.77. The lowest BCUT2D eigenvalue weighted by Crippen LogP contribution is -2.35. The Balaban J connectivity index is 1.85. The highest BCUT2D eigenvalue weighted by Crippen LogP contribution is 2.32. The van der Waals surface area contributed by atoms with Crippen LogP contribution in [0, 0.1) is 25.7 Å². The van der Waals surface area contributed by atoms with Crippen LogP contribution in [0.1, 0.15) is 44.1 Å². The van der Waals surface area contributed by atoms with Crippen molar-refractivity contribution in [1.29, 1.82) is 0 Å². The van der Waals surface area contributed by atoms with Gasteiger partial charge in [-0.2, -0.15) is 0 Å². The number of fused-ring (bicyclic) bond motifs is 1. The van der Waals surface area contributed by atoms with Crippen molar-refractivity contribution in [3.63, 3.8) is 0 Å². The van der Waals surface area contributed by atoms with Gasteiger partial charge in [0.15, 0.2) is 5.16 Å². The van der Waals surface area contributed by atoms with Crippen LogP contribution in [-0.4, -0.2) is 27.3 Å². The number of hydrogen-bond donors (Lipinski definition) is 1. The molecular weight excluding hydrogens is 366 g/mol. The van der Waals surface area contributed by atoms with Gasteiger partial charge in [-0.15, -0.1) is 11.3 Å². The highest BCUT2D eigenvalue weighted by Gasteiger charge is 2.29. The Labute approximate surface area is 162 Å². The van der Waals surface area contributed by atoms with E-state index < -0.39 is 0 Å². The first-order valence-electron chi connectivity index (χ1n) is 9.20. The van der Waals surface area contributed by atoms with E-state index in [0.29, 0.717) is 23.5 Å². The fourth-order valence-electron chi connectivity index (χ4n) is 3.08. The number of hydrogen-bond acceptors (Lipinski definition) is 5. The molecule has 7 heteroatoms. The molecule has 1 atom stereocenters. The molecule has 0 aliphatic heterocycles. The van der Waals surface area contributed by atoms with E-state index in [9.17, 15) is 9.59 Å². The number of rotatable bonds is 7. The molecule has 1 saturated carbocycles. The first kappa shape index (κ1) is 19.4.